The number of anilines is 1. The Labute approximate surface area is 166 Å². The average molecular weight is 380 g/mol. The topological polar surface area (TPSA) is 70.5 Å². The molecule has 148 valence electrons. The molecule has 6 nitrogen and oxygen atoms in total. The summed E-state index contributed by atoms with van der Waals surface area (Å²) >= 11 is 0. The second-order valence-electron chi connectivity index (χ2n) is 8.35. The summed E-state index contributed by atoms with van der Waals surface area (Å²) in [7, 11) is 0. The molecule has 28 heavy (non-hydrogen) atoms. The Morgan fingerprint density at radius 2 is 1.96 bits per heavy atom. The third kappa shape index (κ3) is 3.71. The van der Waals surface area contributed by atoms with Crippen LogP contribution in [-0.2, 0) is 13.0 Å². The third-order valence-electron chi connectivity index (χ3n) is 6.47. The Bertz CT molecular complexity index is 826. The first kappa shape index (κ1) is 17.9. The van der Waals surface area contributed by atoms with E-state index in [2.05, 4.69) is 44.5 Å². The number of benzene rings is 1. The zero-order valence-corrected chi connectivity index (χ0v) is 16.1. The van der Waals surface area contributed by atoms with Gasteiger partial charge in [0.2, 0.25) is 5.88 Å². The molecule has 0 amide bonds. The van der Waals surface area contributed by atoms with E-state index in [1.165, 1.54) is 30.4 Å². The van der Waals surface area contributed by atoms with Crippen molar-refractivity contribution in [2.24, 2.45) is 0 Å². The fraction of sp³-hybridized carbons (Fsp3) is 0.545. The Morgan fingerprint density at radius 3 is 2.79 bits per heavy atom. The van der Waals surface area contributed by atoms with Crippen LogP contribution in [0.2, 0.25) is 0 Å². The van der Waals surface area contributed by atoms with Crippen LogP contribution in [0, 0.1) is 0 Å². The highest BCUT2D eigenvalue weighted by molar-refractivity contribution is 5.38. The Balaban J connectivity index is 1.21. The van der Waals surface area contributed by atoms with Gasteiger partial charge in [-0.15, -0.1) is 0 Å². The summed E-state index contributed by atoms with van der Waals surface area (Å²) in [6, 6.07) is 11.2. The minimum absolute atomic E-state index is 0.0105. The lowest BCUT2D eigenvalue weighted by atomic mass is 9.93. The van der Waals surface area contributed by atoms with E-state index in [-0.39, 0.29) is 18.2 Å². The Morgan fingerprint density at radius 1 is 1.11 bits per heavy atom. The number of nitrogens with zero attached hydrogens (tertiary/aromatic N) is 3. The normalized spacial score (nSPS) is 27.8. The summed E-state index contributed by atoms with van der Waals surface area (Å²) in [6.07, 6.45) is 7.41. The second kappa shape index (κ2) is 7.68. The first-order valence-corrected chi connectivity index (χ1v) is 10.5. The van der Waals surface area contributed by atoms with E-state index in [1.807, 2.05) is 6.07 Å². The first-order valence-electron chi connectivity index (χ1n) is 10.5. The van der Waals surface area contributed by atoms with Crippen LogP contribution in [-0.4, -0.2) is 50.8 Å². The number of nitrogens with one attached hydrogen (secondary N) is 1. The summed E-state index contributed by atoms with van der Waals surface area (Å²) in [5.41, 5.74) is 2.82. The van der Waals surface area contributed by atoms with E-state index in [1.54, 1.807) is 6.33 Å². The molecule has 2 aliphatic carbocycles. The van der Waals surface area contributed by atoms with E-state index in [4.69, 9.17) is 4.74 Å². The molecule has 6 heteroatoms. The van der Waals surface area contributed by atoms with Gasteiger partial charge in [-0.05, 0) is 36.8 Å². The van der Waals surface area contributed by atoms with Crippen LogP contribution in [0.5, 0.6) is 5.88 Å². The molecule has 1 aliphatic heterocycles. The molecule has 1 aromatic carbocycles. The zero-order chi connectivity index (χ0) is 18.9. The number of hydrogen-bond acceptors (Lipinski definition) is 6. The molecule has 2 heterocycles. The van der Waals surface area contributed by atoms with Crippen LogP contribution in [0.3, 0.4) is 0 Å². The molecule has 0 bridgehead atoms. The number of aliphatic hydroxyl groups excluding tert-OH is 1. The minimum atomic E-state index is -0.357. The number of ether oxygens (including phenoxy) is 1. The maximum Gasteiger partial charge on any atom is 0.218 e. The molecule has 0 saturated heterocycles. The van der Waals surface area contributed by atoms with E-state index in [9.17, 15) is 5.11 Å². The molecule has 2 aromatic rings. The molecular formula is C22H28N4O2. The van der Waals surface area contributed by atoms with Crippen LogP contribution in [0.4, 0.5) is 5.82 Å². The molecule has 2 fully saturated rings. The summed E-state index contributed by atoms with van der Waals surface area (Å²) < 4.78 is 6.13. The van der Waals surface area contributed by atoms with Crippen molar-refractivity contribution in [1.29, 1.82) is 0 Å². The van der Waals surface area contributed by atoms with Crippen molar-refractivity contribution in [3.63, 3.8) is 0 Å². The number of aromatic nitrogens is 2. The lowest BCUT2D eigenvalue weighted by molar-refractivity contribution is 0.0625. The molecule has 1 unspecified atom stereocenters. The van der Waals surface area contributed by atoms with Crippen LogP contribution in [0.15, 0.2) is 36.7 Å². The van der Waals surface area contributed by atoms with Gasteiger partial charge >= 0.3 is 0 Å². The number of hydrogen-bond donors (Lipinski definition) is 2. The van der Waals surface area contributed by atoms with Gasteiger partial charge in [0.25, 0.3) is 0 Å². The van der Waals surface area contributed by atoms with Gasteiger partial charge in [0.05, 0.1) is 6.10 Å². The van der Waals surface area contributed by atoms with Gasteiger partial charge in [-0.1, -0.05) is 24.3 Å². The highest BCUT2D eigenvalue weighted by Crippen LogP contribution is 2.32. The highest BCUT2D eigenvalue weighted by Gasteiger charge is 2.39. The van der Waals surface area contributed by atoms with Crippen LogP contribution in [0.1, 0.15) is 43.2 Å². The fourth-order valence-corrected chi connectivity index (χ4v) is 4.65. The number of aliphatic hydroxyl groups is 1. The average Bonchev–Trinajstić information content (AvgIpc) is 3.05. The van der Waals surface area contributed by atoms with Gasteiger partial charge in [-0.3, -0.25) is 4.90 Å². The maximum atomic E-state index is 10.7. The first-order chi connectivity index (χ1) is 13.7. The standard InChI is InChI=1S/C22H28N4O2/c27-20-11-18(28-22-12-21(23-14-24-22)25-17-6-3-7-17)10-19(20)26-9-8-15-4-1-2-5-16(15)13-26/h1-2,4-5,12,14,17-20,27H,3,6-11,13H2,(H,23,24,25)/t18-,19?,20+/m0/s1. The zero-order valence-electron chi connectivity index (χ0n) is 16.1. The van der Waals surface area contributed by atoms with Crippen molar-refractivity contribution in [3.05, 3.63) is 47.8 Å². The smallest absolute Gasteiger partial charge is 0.218 e. The van der Waals surface area contributed by atoms with Gasteiger partial charge in [0.1, 0.15) is 18.2 Å². The molecular weight excluding hydrogens is 352 g/mol. The summed E-state index contributed by atoms with van der Waals surface area (Å²) in [5, 5.41) is 14.1. The summed E-state index contributed by atoms with van der Waals surface area (Å²) in [5.74, 6) is 1.43. The molecule has 3 aliphatic rings. The third-order valence-corrected chi connectivity index (χ3v) is 6.47. The molecule has 2 N–H and O–H groups in total. The summed E-state index contributed by atoms with van der Waals surface area (Å²) in [6.45, 7) is 1.90. The number of fused-ring (bicyclic) bond motifs is 1. The lowest BCUT2D eigenvalue weighted by Gasteiger charge is -2.35. The molecule has 1 aromatic heterocycles. The predicted molar refractivity (Wildman–Crippen MR) is 107 cm³/mol. The monoisotopic (exact) mass is 380 g/mol. The van der Waals surface area contributed by atoms with Crippen LogP contribution in [0.25, 0.3) is 0 Å². The van der Waals surface area contributed by atoms with Gasteiger partial charge in [0.15, 0.2) is 0 Å². The lowest BCUT2D eigenvalue weighted by Crippen LogP contribution is -2.43. The van der Waals surface area contributed by atoms with Crippen molar-refractivity contribution >= 4 is 5.82 Å². The van der Waals surface area contributed by atoms with Gasteiger partial charge < -0.3 is 15.2 Å². The van der Waals surface area contributed by atoms with Crippen molar-refractivity contribution in [2.75, 3.05) is 11.9 Å². The van der Waals surface area contributed by atoms with Gasteiger partial charge in [0, 0.05) is 44.1 Å². The highest BCUT2D eigenvalue weighted by atomic mass is 16.5. The molecule has 5 rings (SSSR count). The minimum Gasteiger partial charge on any atom is -0.474 e. The quantitative estimate of drug-likeness (QED) is 0.831. The largest absolute Gasteiger partial charge is 0.474 e. The van der Waals surface area contributed by atoms with Gasteiger partial charge in [-0.2, -0.15) is 0 Å². The van der Waals surface area contributed by atoms with Crippen molar-refractivity contribution < 1.29 is 9.84 Å². The van der Waals surface area contributed by atoms with E-state index in [0.29, 0.717) is 18.3 Å². The van der Waals surface area contributed by atoms with Crippen LogP contribution >= 0.6 is 0 Å². The van der Waals surface area contributed by atoms with E-state index in [0.717, 1.165) is 31.7 Å². The maximum absolute atomic E-state index is 10.7. The van der Waals surface area contributed by atoms with Crippen molar-refractivity contribution in [3.8, 4) is 5.88 Å². The van der Waals surface area contributed by atoms with Gasteiger partial charge in [-0.25, -0.2) is 9.97 Å². The fourth-order valence-electron chi connectivity index (χ4n) is 4.65. The molecule has 0 radical (unpaired) electrons. The Kier molecular flexibility index (Phi) is 4.91. The van der Waals surface area contributed by atoms with Crippen molar-refractivity contribution in [2.45, 2.75) is 69.4 Å². The molecule has 0 spiro atoms. The number of rotatable bonds is 5. The second-order valence-corrected chi connectivity index (χ2v) is 8.35. The van der Waals surface area contributed by atoms with Crippen LogP contribution < -0.4 is 10.1 Å². The SMILES string of the molecule is O[C@@H]1C[C@@H](Oc2cc(NC3CCC3)ncn2)CC1N1CCc2ccccc2C1. The van der Waals surface area contributed by atoms with Crippen molar-refractivity contribution in [1.82, 2.24) is 14.9 Å². The molecule has 2 saturated carbocycles. The summed E-state index contributed by atoms with van der Waals surface area (Å²) in [4.78, 5) is 11.0. The van der Waals surface area contributed by atoms with E-state index >= 15 is 0 Å². The molecule has 3 atom stereocenters. The Hall–Kier alpha value is -2.18. The predicted octanol–water partition coefficient (Wildman–Crippen LogP) is 2.77. The van der Waals surface area contributed by atoms with E-state index < -0.39 is 0 Å².